The van der Waals surface area contributed by atoms with Crippen LogP contribution in [0.2, 0.25) is 0 Å². The number of rotatable bonds is 5. The molecule has 5 rings (SSSR count). The lowest BCUT2D eigenvalue weighted by atomic mass is 9.46. The molecule has 0 aromatic heterocycles. The molecule has 4 fully saturated rings. The van der Waals surface area contributed by atoms with Gasteiger partial charge in [-0.15, -0.1) is 0 Å². The lowest BCUT2D eigenvalue weighted by molar-refractivity contribution is -0.141. The largest absolute Gasteiger partial charge is 0.393 e. The number of allylic oxidation sites excluding steroid dienone is 1. The quantitative estimate of drug-likeness (QED) is 0.548. The van der Waals surface area contributed by atoms with Crippen LogP contribution in [0.15, 0.2) is 11.6 Å². The van der Waals surface area contributed by atoms with E-state index in [1.54, 1.807) is 0 Å². The third kappa shape index (κ3) is 3.29. The molecule has 4 heteroatoms. The number of hydrogen-bond donors (Lipinski definition) is 2. The first-order valence-electron chi connectivity index (χ1n) is 13.8. The Labute approximate surface area is 200 Å². The van der Waals surface area contributed by atoms with Crippen molar-refractivity contribution >= 4 is 5.78 Å². The Morgan fingerprint density at radius 2 is 1.79 bits per heavy atom. The van der Waals surface area contributed by atoms with Crippen molar-refractivity contribution in [3.8, 4) is 0 Å². The van der Waals surface area contributed by atoms with E-state index in [1.807, 2.05) is 6.08 Å². The third-order valence-corrected chi connectivity index (χ3v) is 11.6. The minimum atomic E-state index is -0.888. The minimum Gasteiger partial charge on any atom is -0.393 e. The highest BCUT2D eigenvalue weighted by molar-refractivity contribution is 5.95. The first-order valence-corrected chi connectivity index (χ1v) is 13.8. The molecular weight excluding hydrogens is 412 g/mol. The van der Waals surface area contributed by atoms with Crippen LogP contribution in [0.5, 0.6) is 0 Å². The van der Waals surface area contributed by atoms with Crippen molar-refractivity contribution in [2.75, 3.05) is 0 Å². The Bertz CT molecular complexity index is 833. The van der Waals surface area contributed by atoms with Gasteiger partial charge in [-0.25, -0.2) is 0 Å². The van der Waals surface area contributed by atoms with Crippen LogP contribution < -0.4 is 0 Å². The maximum absolute atomic E-state index is 13.3. The van der Waals surface area contributed by atoms with E-state index in [2.05, 4.69) is 41.5 Å². The number of ketones is 1. The molecule has 0 amide bonds. The molecule has 4 nitrogen and oxygen atoms in total. The standard InChI is InChI=1S/C29H46O4/c1-7-19(16(2)3)26-25(33-26)17(4)20-10-13-29(32)22-15-24(31)23-14-18(30)8-11-27(23,5)21(22)9-12-28(20,29)6/h15-21,23,25-26,30,32H,7-14H2,1-6H3/t17-,18-,19-,20+,21-,23+,25?,26?,27+,28+,29+/m0/s1. The summed E-state index contributed by atoms with van der Waals surface area (Å²) in [6.45, 7) is 13.8. The van der Waals surface area contributed by atoms with Crippen molar-refractivity contribution in [3.05, 3.63) is 11.6 Å². The second-order valence-corrected chi connectivity index (χ2v) is 13.2. The molecule has 0 radical (unpaired) electrons. The average Bonchev–Trinajstić information content (AvgIpc) is 3.47. The van der Waals surface area contributed by atoms with E-state index < -0.39 is 5.60 Å². The summed E-state index contributed by atoms with van der Waals surface area (Å²) in [5.74, 6) is 2.38. The molecule has 2 N–H and O–H groups in total. The molecule has 11 atom stereocenters. The molecule has 1 saturated heterocycles. The van der Waals surface area contributed by atoms with E-state index in [-0.39, 0.29) is 34.6 Å². The van der Waals surface area contributed by atoms with Gasteiger partial charge < -0.3 is 14.9 Å². The SMILES string of the molecule is CC[C@@H](C(C)C)C1OC1[C@@H](C)[C@H]1CC[C@@]2(O)C3=CC(=O)[C@H]4C[C@@H](O)CC[C@]4(C)[C@H]3CC[C@]12C. The number of fused-ring (bicyclic) bond motifs is 5. The lowest BCUT2D eigenvalue weighted by Gasteiger charge is -2.59. The van der Waals surface area contributed by atoms with Crippen LogP contribution in [0.25, 0.3) is 0 Å². The summed E-state index contributed by atoms with van der Waals surface area (Å²) >= 11 is 0. The highest BCUT2D eigenvalue weighted by Gasteiger charge is 2.67. The first-order chi connectivity index (χ1) is 15.5. The summed E-state index contributed by atoms with van der Waals surface area (Å²) in [7, 11) is 0. The van der Waals surface area contributed by atoms with Crippen molar-refractivity contribution in [2.24, 2.45) is 46.3 Å². The zero-order chi connectivity index (χ0) is 23.9. The number of epoxide rings is 1. The molecular formula is C29H46O4. The molecule has 3 saturated carbocycles. The molecule has 0 spiro atoms. The predicted octanol–water partition coefficient (Wildman–Crippen LogP) is 5.31. The molecule has 33 heavy (non-hydrogen) atoms. The van der Waals surface area contributed by atoms with Crippen molar-refractivity contribution in [3.63, 3.8) is 0 Å². The molecule has 4 aliphatic carbocycles. The van der Waals surface area contributed by atoms with Gasteiger partial charge in [-0.2, -0.15) is 0 Å². The normalized spacial score (nSPS) is 50.8. The van der Waals surface area contributed by atoms with Crippen LogP contribution in [0.1, 0.15) is 92.9 Å². The molecule has 0 aromatic carbocycles. The lowest BCUT2D eigenvalue weighted by Crippen LogP contribution is -2.59. The van der Waals surface area contributed by atoms with E-state index in [9.17, 15) is 15.0 Å². The Hall–Kier alpha value is -0.710. The van der Waals surface area contributed by atoms with E-state index >= 15 is 0 Å². The number of carbonyl (C=O) groups excluding carboxylic acids is 1. The maximum Gasteiger partial charge on any atom is 0.159 e. The van der Waals surface area contributed by atoms with Crippen LogP contribution in [0.3, 0.4) is 0 Å². The Morgan fingerprint density at radius 3 is 2.45 bits per heavy atom. The van der Waals surface area contributed by atoms with Gasteiger partial charge in [-0.1, -0.05) is 48.0 Å². The second kappa shape index (κ2) is 7.90. The van der Waals surface area contributed by atoms with Gasteiger partial charge in [0.25, 0.3) is 0 Å². The summed E-state index contributed by atoms with van der Waals surface area (Å²) < 4.78 is 6.31. The van der Waals surface area contributed by atoms with Crippen molar-refractivity contribution in [2.45, 2.75) is 117 Å². The van der Waals surface area contributed by atoms with Gasteiger partial charge in [0.2, 0.25) is 0 Å². The van der Waals surface area contributed by atoms with Crippen LogP contribution in [0, 0.1) is 46.3 Å². The van der Waals surface area contributed by atoms with Gasteiger partial charge in [-0.3, -0.25) is 4.79 Å². The summed E-state index contributed by atoms with van der Waals surface area (Å²) in [6.07, 6.45) is 9.36. The first kappa shape index (κ1) is 24.0. The Balaban J connectivity index is 1.42. The number of hydrogen-bond acceptors (Lipinski definition) is 4. The van der Waals surface area contributed by atoms with Crippen molar-refractivity contribution < 1.29 is 19.7 Å². The zero-order valence-electron chi connectivity index (χ0n) is 21.6. The van der Waals surface area contributed by atoms with Gasteiger partial charge in [0.1, 0.15) is 0 Å². The zero-order valence-corrected chi connectivity index (χ0v) is 21.6. The molecule has 5 aliphatic rings. The fraction of sp³-hybridized carbons (Fsp3) is 0.897. The van der Waals surface area contributed by atoms with Gasteiger partial charge in [0.15, 0.2) is 5.78 Å². The highest BCUT2D eigenvalue weighted by atomic mass is 16.6. The van der Waals surface area contributed by atoms with Crippen LogP contribution in [0.4, 0.5) is 0 Å². The average molecular weight is 459 g/mol. The fourth-order valence-electron chi connectivity index (χ4n) is 9.42. The second-order valence-electron chi connectivity index (χ2n) is 13.2. The molecule has 1 heterocycles. The topological polar surface area (TPSA) is 70.1 Å². The smallest absolute Gasteiger partial charge is 0.159 e. The monoisotopic (exact) mass is 458 g/mol. The van der Waals surface area contributed by atoms with Crippen molar-refractivity contribution in [1.29, 1.82) is 0 Å². The van der Waals surface area contributed by atoms with Crippen molar-refractivity contribution in [1.82, 2.24) is 0 Å². The summed E-state index contributed by atoms with van der Waals surface area (Å²) in [5.41, 5.74) is -0.186. The molecule has 0 bridgehead atoms. The summed E-state index contributed by atoms with van der Waals surface area (Å²) in [4.78, 5) is 13.3. The fourth-order valence-corrected chi connectivity index (χ4v) is 9.42. The maximum atomic E-state index is 13.3. The van der Waals surface area contributed by atoms with E-state index in [0.29, 0.717) is 42.3 Å². The number of aliphatic hydroxyl groups is 2. The van der Waals surface area contributed by atoms with Crippen LogP contribution >= 0.6 is 0 Å². The highest BCUT2D eigenvalue weighted by Crippen LogP contribution is 2.68. The minimum absolute atomic E-state index is 0.0956. The van der Waals surface area contributed by atoms with E-state index in [1.165, 1.54) is 0 Å². The number of aliphatic hydroxyl groups excluding tert-OH is 1. The molecule has 186 valence electrons. The molecule has 1 aliphatic heterocycles. The molecule has 2 unspecified atom stereocenters. The molecule has 0 aromatic rings. The Kier molecular flexibility index (Phi) is 5.75. The van der Waals surface area contributed by atoms with Crippen LogP contribution in [-0.4, -0.2) is 39.9 Å². The van der Waals surface area contributed by atoms with Crippen LogP contribution in [-0.2, 0) is 9.53 Å². The number of carbonyl (C=O) groups is 1. The third-order valence-electron chi connectivity index (χ3n) is 11.6. The summed E-state index contributed by atoms with van der Waals surface area (Å²) in [6, 6.07) is 0. The van der Waals surface area contributed by atoms with E-state index in [4.69, 9.17) is 4.74 Å². The van der Waals surface area contributed by atoms with Gasteiger partial charge in [-0.05, 0) is 91.6 Å². The number of ether oxygens (including phenoxy) is 1. The van der Waals surface area contributed by atoms with Gasteiger partial charge in [0, 0.05) is 11.3 Å². The van der Waals surface area contributed by atoms with E-state index in [0.717, 1.165) is 50.5 Å². The predicted molar refractivity (Wildman–Crippen MR) is 129 cm³/mol. The summed E-state index contributed by atoms with van der Waals surface area (Å²) in [5, 5.41) is 22.6. The van der Waals surface area contributed by atoms with Gasteiger partial charge in [0.05, 0.1) is 23.9 Å². The Morgan fingerprint density at radius 1 is 1.06 bits per heavy atom. The van der Waals surface area contributed by atoms with Gasteiger partial charge >= 0.3 is 0 Å².